The average molecular weight is 399 g/mol. The summed E-state index contributed by atoms with van der Waals surface area (Å²) >= 11 is 0. The smallest absolute Gasteiger partial charge is 0.226 e. The maximum absolute atomic E-state index is 14.0. The molecule has 1 saturated heterocycles. The van der Waals surface area contributed by atoms with E-state index in [0.29, 0.717) is 54.8 Å². The Morgan fingerprint density at radius 1 is 0.828 bits per heavy atom. The molecule has 1 aromatic heterocycles. The van der Waals surface area contributed by atoms with Crippen LogP contribution in [-0.2, 0) is 6.54 Å². The van der Waals surface area contributed by atoms with Crippen LogP contribution >= 0.6 is 0 Å². The van der Waals surface area contributed by atoms with Crippen molar-refractivity contribution in [2.45, 2.75) is 6.54 Å². The third-order valence-corrected chi connectivity index (χ3v) is 4.89. The van der Waals surface area contributed by atoms with Gasteiger partial charge in [-0.3, -0.25) is 0 Å². The SMILES string of the molecule is NCc1cc(-c2cc(F)cc(F)c2)nc(N2CCN(c3ccccc3F)CC2)n1. The van der Waals surface area contributed by atoms with Gasteiger partial charge in [-0.2, -0.15) is 0 Å². The molecule has 150 valence electrons. The van der Waals surface area contributed by atoms with Crippen molar-refractivity contribution < 1.29 is 13.2 Å². The molecule has 29 heavy (non-hydrogen) atoms. The lowest BCUT2D eigenvalue weighted by molar-refractivity contribution is 0.584. The topological polar surface area (TPSA) is 58.3 Å². The first-order valence-electron chi connectivity index (χ1n) is 9.32. The molecule has 0 saturated carbocycles. The molecule has 8 heteroatoms. The molecule has 0 amide bonds. The second kappa shape index (κ2) is 8.08. The van der Waals surface area contributed by atoms with E-state index in [-0.39, 0.29) is 12.4 Å². The molecule has 0 radical (unpaired) electrons. The van der Waals surface area contributed by atoms with Crippen LogP contribution in [0.1, 0.15) is 5.69 Å². The predicted octanol–water partition coefficient (Wildman–Crippen LogP) is 3.35. The number of hydrogen-bond donors (Lipinski definition) is 1. The molecule has 0 atom stereocenters. The highest BCUT2D eigenvalue weighted by atomic mass is 19.1. The van der Waals surface area contributed by atoms with Crippen molar-refractivity contribution in [3.05, 3.63) is 71.7 Å². The summed E-state index contributed by atoms with van der Waals surface area (Å²) in [6, 6.07) is 11.6. The Morgan fingerprint density at radius 2 is 1.48 bits per heavy atom. The number of nitrogens with two attached hydrogens (primary N) is 1. The molecule has 1 aliphatic heterocycles. The monoisotopic (exact) mass is 399 g/mol. The summed E-state index contributed by atoms with van der Waals surface area (Å²) in [6.07, 6.45) is 0. The molecule has 0 spiro atoms. The molecular formula is C21H20F3N5. The molecule has 1 aliphatic rings. The van der Waals surface area contributed by atoms with Gasteiger partial charge in [0.1, 0.15) is 17.5 Å². The Morgan fingerprint density at radius 3 is 2.14 bits per heavy atom. The Hall–Kier alpha value is -3.13. The standard InChI is InChI=1S/C21H20F3N5/c22-15-9-14(10-16(23)11-15)19-12-17(13-25)26-21(27-19)29-7-5-28(6-8-29)20-4-2-1-3-18(20)24/h1-4,9-12H,5-8,13,25H2. The van der Waals surface area contributed by atoms with Crippen LogP contribution in [-0.4, -0.2) is 36.1 Å². The lowest BCUT2D eigenvalue weighted by atomic mass is 10.1. The minimum Gasteiger partial charge on any atom is -0.366 e. The van der Waals surface area contributed by atoms with E-state index in [9.17, 15) is 13.2 Å². The molecule has 5 nitrogen and oxygen atoms in total. The summed E-state index contributed by atoms with van der Waals surface area (Å²) in [5.74, 6) is -1.15. The molecule has 0 aliphatic carbocycles. The Balaban J connectivity index is 1.58. The minimum absolute atomic E-state index is 0.176. The zero-order chi connectivity index (χ0) is 20.4. The lowest BCUT2D eigenvalue weighted by Crippen LogP contribution is -2.47. The van der Waals surface area contributed by atoms with Crippen molar-refractivity contribution in [3.63, 3.8) is 0 Å². The normalized spacial score (nSPS) is 14.3. The van der Waals surface area contributed by atoms with E-state index >= 15 is 0 Å². The molecule has 0 bridgehead atoms. The third kappa shape index (κ3) is 4.17. The van der Waals surface area contributed by atoms with Crippen molar-refractivity contribution in [1.29, 1.82) is 0 Å². The van der Waals surface area contributed by atoms with E-state index in [4.69, 9.17) is 5.73 Å². The molecule has 0 unspecified atom stereocenters. The van der Waals surface area contributed by atoms with Crippen LogP contribution in [0.25, 0.3) is 11.3 Å². The summed E-state index contributed by atoms with van der Waals surface area (Å²) in [4.78, 5) is 12.9. The molecular weight excluding hydrogens is 379 g/mol. The average Bonchev–Trinajstić information content (AvgIpc) is 2.73. The first-order chi connectivity index (χ1) is 14.0. The zero-order valence-electron chi connectivity index (χ0n) is 15.7. The van der Waals surface area contributed by atoms with Gasteiger partial charge in [0, 0.05) is 44.4 Å². The minimum atomic E-state index is -0.673. The fraction of sp³-hybridized carbons (Fsp3) is 0.238. The number of aromatic nitrogens is 2. The van der Waals surface area contributed by atoms with Crippen LogP contribution in [0.4, 0.5) is 24.8 Å². The van der Waals surface area contributed by atoms with Crippen LogP contribution in [0.2, 0.25) is 0 Å². The van der Waals surface area contributed by atoms with Gasteiger partial charge in [0.15, 0.2) is 0 Å². The first kappa shape index (κ1) is 19.2. The van der Waals surface area contributed by atoms with Gasteiger partial charge >= 0.3 is 0 Å². The van der Waals surface area contributed by atoms with Crippen molar-refractivity contribution in [2.75, 3.05) is 36.0 Å². The van der Waals surface area contributed by atoms with Crippen LogP contribution in [0.3, 0.4) is 0 Å². The summed E-state index contributed by atoms with van der Waals surface area (Å²) in [5.41, 5.74) is 7.64. The molecule has 3 aromatic rings. The fourth-order valence-corrected chi connectivity index (χ4v) is 3.43. The number of piperazine rings is 1. The van der Waals surface area contributed by atoms with E-state index in [1.165, 1.54) is 18.2 Å². The summed E-state index contributed by atoms with van der Waals surface area (Å²) in [6.45, 7) is 2.54. The van der Waals surface area contributed by atoms with Gasteiger partial charge in [0.05, 0.1) is 17.1 Å². The highest BCUT2D eigenvalue weighted by molar-refractivity contribution is 5.61. The zero-order valence-corrected chi connectivity index (χ0v) is 15.7. The number of benzene rings is 2. The van der Waals surface area contributed by atoms with E-state index < -0.39 is 11.6 Å². The van der Waals surface area contributed by atoms with Crippen LogP contribution in [0, 0.1) is 17.5 Å². The number of anilines is 2. The van der Waals surface area contributed by atoms with Gasteiger partial charge in [-0.05, 0) is 30.3 Å². The Bertz CT molecular complexity index is 999. The highest BCUT2D eigenvalue weighted by Gasteiger charge is 2.22. The second-order valence-corrected chi connectivity index (χ2v) is 6.83. The Kier molecular flexibility index (Phi) is 5.35. The molecule has 2 heterocycles. The summed E-state index contributed by atoms with van der Waals surface area (Å²) in [5, 5.41) is 0. The molecule has 4 rings (SSSR count). The van der Waals surface area contributed by atoms with Gasteiger partial charge in [-0.1, -0.05) is 12.1 Å². The summed E-state index contributed by atoms with van der Waals surface area (Å²) in [7, 11) is 0. The molecule has 2 N–H and O–H groups in total. The van der Waals surface area contributed by atoms with Gasteiger partial charge in [0.25, 0.3) is 0 Å². The quantitative estimate of drug-likeness (QED) is 0.729. The van der Waals surface area contributed by atoms with Crippen molar-refractivity contribution >= 4 is 11.6 Å². The number of para-hydroxylation sites is 1. The van der Waals surface area contributed by atoms with Gasteiger partial charge in [-0.15, -0.1) is 0 Å². The van der Waals surface area contributed by atoms with Crippen LogP contribution in [0.15, 0.2) is 48.5 Å². The number of halogens is 3. The van der Waals surface area contributed by atoms with Gasteiger partial charge < -0.3 is 15.5 Å². The van der Waals surface area contributed by atoms with E-state index in [1.807, 2.05) is 15.9 Å². The van der Waals surface area contributed by atoms with Gasteiger partial charge in [0.2, 0.25) is 5.95 Å². The van der Waals surface area contributed by atoms with E-state index in [2.05, 4.69) is 9.97 Å². The van der Waals surface area contributed by atoms with Crippen molar-refractivity contribution in [1.82, 2.24) is 9.97 Å². The maximum atomic E-state index is 14.0. The van der Waals surface area contributed by atoms with Crippen molar-refractivity contribution in [3.8, 4) is 11.3 Å². The summed E-state index contributed by atoms with van der Waals surface area (Å²) < 4.78 is 41.3. The lowest BCUT2D eigenvalue weighted by Gasteiger charge is -2.36. The molecule has 1 fully saturated rings. The third-order valence-electron chi connectivity index (χ3n) is 4.89. The van der Waals surface area contributed by atoms with E-state index in [0.717, 1.165) is 6.07 Å². The van der Waals surface area contributed by atoms with Crippen molar-refractivity contribution in [2.24, 2.45) is 5.73 Å². The van der Waals surface area contributed by atoms with Crippen LogP contribution < -0.4 is 15.5 Å². The number of hydrogen-bond acceptors (Lipinski definition) is 5. The Labute approximate surface area is 166 Å². The largest absolute Gasteiger partial charge is 0.366 e. The maximum Gasteiger partial charge on any atom is 0.226 e. The first-order valence-corrected chi connectivity index (χ1v) is 9.32. The fourth-order valence-electron chi connectivity index (χ4n) is 3.43. The molecule has 2 aromatic carbocycles. The number of rotatable bonds is 4. The predicted molar refractivity (Wildman–Crippen MR) is 106 cm³/mol. The van der Waals surface area contributed by atoms with E-state index in [1.54, 1.807) is 18.2 Å². The highest BCUT2D eigenvalue weighted by Crippen LogP contribution is 2.25. The van der Waals surface area contributed by atoms with Crippen LogP contribution in [0.5, 0.6) is 0 Å². The second-order valence-electron chi connectivity index (χ2n) is 6.83. The number of nitrogens with zero attached hydrogens (tertiary/aromatic N) is 4. The van der Waals surface area contributed by atoms with Gasteiger partial charge in [-0.25, -0.2) is 23.1 Å².